The molecule has 4 rings (SSSR count). The number of halogens is 4. The SMILES string of the molecule is CCc1ccc(N(C)C(=O)[C@H](Cc2cc(F)cc(F)c2)NC(=O)NS(=O)(=O)N[C@@H](Cc2cc(F)cc(F)c2)C(=O)N(C)c2ccc(CC)cc2)cc1.S.S. The molecule has 0 aromatic heterocycles. The Labute approximate surface area is 326 Å². The molecule has 0 bridgehead atoms. The van der Waals surface area contributed by atoms with Crippen molar-refractivity contribution in [2.45, 2.75) is 51.6 Å². The first-order chi connectivity index (χ1) is 24.6. The van der Waals surface area contributed by atoms with Gasteiger partial charge in [0, 0.05) is 44.0 Å². The van der Waals surface area contributed by atoms with Crippen LogP contribution in [0.3, 0.4) is 0 Å². The summed E-state index contributed by atoms with van der Waals surface area (Å²) in [5.41, 5.74) is 2.73. The topological polar surface area (TPSA) is 128 Å². The van der Waals surface area contributed by atoms with Crippen LogP contribution in [0.1, 0.15) is 36.1 Å². The van der Waals surface area contributed by atoms with E-state index in [2.05, 4.69) is 10.0 Å². The van der Waals surface area contributed by atoms with Crippen LogP contribution in [0, 0.1) is 23.3 Å². The van der Waals surface area contributed by atoms with Crippen LogP contribution in [-0.2, 0) is 45.5 Å². The number of hydrogen-bond donors (Lipinski definition) is 3. The van der Waals surface area contributed by atoms with Crippen LogP contribution in [0.25, 0.3) is 0 Å². The molecule has 0 radical (unpaired) electrons. The minimum Gasteiger partial charge on any atom is -0.325 e. The number of nitrogens with one attached hydrogen (secondary N) is 3. The molecule has 0 aliphatic carbocycles. The van der Waals surface area contributed by atoms with Gasteiger partial charge in [-0.1, -0.05) is 38.1 Å². The van der Waals surface area contributed by atoms with Crippen molar-refractivity contribution >= 4 is 66.4 Å². The standard InChI is InChI=1S/C37H39F4N5O5S.2H2S/c1-5-23-7-11-31(12-8-23)45(3)35(47)33(19-25-15-27(38)21-28(39)16-25)42-37(49)44-52(50,51)43-34(20-26-17-29(40)22-30(41)18-26)36(48)46(4)32-13-9-24(6-2)10-14-32;;/h7-18,21-22,33-34,43H,5-6,19-20H2,1-4H3,(H2,42,44,49);2*1H2/t33-,34-;;/m0../s1. The first kappa shape index (κ1) is 45.6. The third-order valence-corrected chi connectivity index (χ3v) is 9.32. The van der Waals surface area contributed by atoms with E-state index in [9.17, 15) is 40.4 Å². The second-order valence-electron chi connectivity index (χ2n) is 12.1. The molecule has 4 aromatic rings. The van der Waals surface area contributed by atoms with Crippen LogP contribution in [-0.4, -0.2) is 52.4 Å². The molecule has 0 heterocycles. The molecule has 4 aromatic carbocycles. The highest BCUT2D eigenvalue weighted by Crippen LogP contribution is 2.19. The molecule has 10 nitrogen and oxygen atoms in total. The van der Waals surface area contributed by atoms with Crippen molar-refractivity contribution in [3.05, 3.63) is 130 Å². The lowest BCUT2D eigenvalue weighted by atomic mass is 10.0. The number of benzene rings is 4. The van der Waals surface area contributed by atoms with Crippen LogP contribution in [0.15, 0.2) is 84.9 Å². The van der Waals surface area contributed by atoms with Crippen LogP contribution >= 0.6 is 27.0 Å². The smallest absolute Gasteiger partial charge is 0.325 e. The van der Waals surface area contributed by atoms with Crippen molar-refractivity contribution in [3.63, 3.8) is 0 Å². The summed E-state index contributed by atoms with van der Waals surface area (Å²) in [6.07, 6.45) is 0.526. The zero-order chi connectivity index (χ0) is 38.2. The molecule has 0 saturated carbocycles. The van der Waals surface area contributed by atoms with Crippen molar-refractivity contribution in [1.82, 2.24) is 14.8 Å². The summed E-state index contributed by atoms with van der Waals surface area (Å²) in [5.74, 6) is -5.33. The van der Waals surface area contributed by atoms with E-state index in [1.807, 2.05) is 13.8 Å². The summed E-state index contributed by atoms with van der Waals surface area (Å²) in [7, 11) is -2.12. The number of nitrogens with zero attached hydrogens (tertiary/aromatic N) is 2. The molecule has 3 N–H and O–H groups in total. The molecule has 0 aliphatic heterocycles. The summed E-state index contributed by atoms with van der Waals surface area (Å²) in [6, 6.07) is 14.2. The zero-order valence-corrected chi connectivity index (χ0v) is 32.7. The van der Waals surface area contributed by atoms with E-state index in [1.54, 1.807) is 53.3 Å². The Bertz CT molecular complexity index is 1980. The summed E-state index contributed by atoms with van der Waals surface area (Å²) >= 11 is 0. The predicted octanol–water partition coefficient (Wildman–Crippen LogP) is 5.58. The van der Waals surface area contributed by atoms with Gasteiger partial charge in [-0.3, -0.25) is 9.59 Å². The number of urea groups is 1. The number of likely N-dealkylation sites (N-methyl/N-ethyl adjacent to an activating group) is 2. The van der Waals surface area contributed by atoms with E-state index in [1.165, 1.54) is 19.0 Å². The normalized spacial score (nSPS) is 12.0. The number of carbonyl (C=O) groups is 3. The third-order valence-electron chi connectivity index (χ3n) is 8.28. The van der Waals surface area contributed by atoms with Crippen LogP contribution in [0.2, 0.25) is 0 Å². The average Bonchev–Trinajstić information content (AvgIpc) is 3.08. The maximum atomic E-state index is 14.1. The average molecular weight is 810 g/mol. The predicted molar refractivity (Wildman–Crippen MR) is 211 cm³/mol. The quantitative estimate of drug-likeness (QED) is 0.144. The van der Waals surface area contributed by atoms with E-state index in [0.29, 0.717) is 23.5 Å². The van der Waals surface area contributed by atoms with Crippen molar-refractivity contribution in [2.24, 2.45) is 0 Å². The highest BCUT2D eigenvalue weighted by atomic mass is 32.2. The summed E-state index contributed by atoms with van der Waals surface area (Å²) in [5, 5.41) is 2.26. The highest BCUT2D eigenvalue weighted by molar-refractivity contribution is 7.88. The van der Waals surface area contributed by atoms with Gasteiger partial charge in [-0.05, 0) is 90.0 Å². The van der Waals surface area contributed by atoms with Gasteiger partial charge in [0.2, 0.25) is 11.8 Å². The third kappa shape index (κ3) is 12.8. The Hall–Kier alpha value is -4.58. The van der Waals surface area contributed by atoms with E-state index in [-0.39, 0.29) is 38.1 Å². The molecule has 0 unspecified atom stereocenters. The molecular formula is C37H43F4N5O5S3. The van der Waals surface area contributed by atoms with Crippen LogP contribution < -0.4 is 24.6 Å². The number of rotatable bonds is 14. The Kier molecular flexibility index (Phi) is 17.0. The van der Waals surface area contributed by atoms with Crippen LogP contribution in [0.5, 0.6) is 0 Å². The fourth-order valence-corrected chi connectivity index (χ4v) is 6.39. The van der Waals surface area contributed by atoms with Gasteiger partial charge in [-0.25, -0.2) is 27.1 Å². The summed E-state index contributed by atoms with van der Waals surface area (Å²) in [6.45, 7) is 3.89. The summed E-state index contributed by atoms with van der Waals surface area (Å²) in [4.78, 5) is 42.9. The van der Waals surface area contributed by atoms with E-state index < -0.39 is 76.2 Å². The fraction of sp³-hybridized carbons (Fsp3) is 0.270. The van der Waals surface area contributed by atoms with E-state index >= 15 is 0 Å². The molecule has 4 amide bonds. The molecule has 54 heavy (non-hydrogen) atoms. The van der Waals surface area contributed by atoms with Crippen LogP contribution in [0.4, 0.5) is 33.7 Å². The molecule has 0 fully saturated rings. The second kappa shape index (κ2) is 20.2. The molecule has 292 valence electrons. The molecule has 0 saturated heterocycles. The number of anilines is 2. The lowest BCUT2D eigenvalue weighted by molar-refractivity contribution is -0.120. The van der Waals surface area contributed by atoms with Crippen molar-refractivity contribution in [2.75, 3.05) is 23.9 Å². The fourth-order valence-electron chi connectivity index (χ4n) is 5.47. The van der Waals surface area contributed by atoms with Gasteiger partial charge in [0.05, 0.1) is 0 Å². The summed E-state index contributed by atoms with van der Waals surface area (Å²) < 4.78 is 86.7. The number of carbonyl (C=O) groups excluding carboxylic acids is 3. The van der Waals surface area contributed by atoms with Gasteiger partial charge in [0.1, 0.15) is 35.4 Å². The maximum absolute atomic E-state index is 14.1. The Balaban J connectivity index is 0.00000504. The molecular weight excluding hydrogens is 767 g/mol. The minimum absolute atomic E-state index is 0. The molecule has 17 heteroatoms. The number of hydrogen-bond acceptors (Lipinski definition) is 5. The first-order valence-electron chi connectivity index (χ1n) is 16.3. The minimum atomic E-state index is -4.92. The Morgan fingerprint density at radius 3 is 1.31 bits per heavy atom. The van der Waals surface area contributed by atoms with Gasteiger partial charge in [0.25, 0.3) is 0 Å². The van der Waals surface area contributed by atoms with E-state index in [0.717, 1.165) is 53.1 Å². The van der Waals surface area contributed by atoms with Gasteiger partial charge < -0.3 is 15.1 Å². The Morgan fingerprint density at radius 1 is 0.593 bits per heavy atom. The van der Waals surface area contributed by atoms with Gasteiger partial charge >= 0.3 is 16.2 Å². The molecule has 2 atom stereocenters. The second-order valence-corrected chi connectivity index (χ2v) is 13.5. The first-order valence-corrected chi connectivity index (χ1v) is 17.8. The highest BCUT2D eigenvalue weighted by Gasteiger charge is 2.31. The van der Waals surface area contributed by atoms with Crippen molar-refractivity contribution in [1.29, 1.82) is 0 Å². The molecule has 0 aliphatic rings. The lowest BCUT2D eigenvalue weighted by Crippen LogP contribution is -2.57. The zero-order valence-electron chi connectivity index (χ0n) is 29.9. The largest absolute Gasteiger partial charge is 0.330 e. The van der Waals surface area contributed by atoms with E-state index in [4.69, 9.17) is 0 Å². The van der Waals surface area contributed by atoms with Gasteiger partial charge in [-0.2, -0.15) is 40.1 Å². The van der Waals surface area contributed by atoms with Crippen molar-refractivity contribution in [3.8, 4) is 0 Å². The van der Waals surface area contributed by atoms with Gasteiger partial charge in [-0.15, -0.1) is 0 Å². The molecule has 0 spiro atoms. The monoisotopic (exact) mass is 809 g/mol. The van der Waals surface area contributed by atoms with Gasteiger partial charge in [0.15, 0.2) is 0 Å². The maximum Gasteiger partial charge on any atom is 0.330 e. The Morgan fingerprint density at radius 2 is 0.944 bits per heavy atom. The van der Waals surface area contributed by atoms with Crippen molar-refractivity contribution < 1.29 is 40.4 Å². The number of aryl methyl sites for hydroxylation is 2. The number of amides is 4. The lowest BCUT2D eigenvalue weighted by Gasteiger charge is -2.26.